The smallest absolute Gasteiger partial charge is 0.328 e. The van der Waals surface area contributed by atoms with E-state index < -0.39 is 21.5 Å². The van der Waals surface area contributed by atoms with Crippen LogP contribution in [0.3, 0.4) is 0 Å². The van der Waals surface area contributed by atoms with E-state index in [0.29, 0.717) is 43.8 Å². The molecule has 180 valence electrons. The van der Waals surface area contributed by atoms with Crippen molar-refractivity contribution in [2.45, 2.75) is 11.4 Å². The Labute approximate surface area is 196 Å². The molecule has 1 fully saturated rings. The second-order valence-corrected chi connectivity index (χ2v) is 10.6. The van der Waals surface area contributed by atoms with E-state index in [9.17, 15) is 18.0 Å². The maximum atomic E-state index is 13.0. The molecule has 2 aromatic carbocycles. The lowest BCUT2D eigenvalue weighted by atomic mass is 10.1. The SMILES string of the molecule is Cn1c(=O)n(C)c2cc(S(=O)(=O)CC(=O)N3CCN(Cc4ccc5c(c4)OCO5)CC3)ccc21. The number of amides is 1. The van der Waals surface area contributed by atoms with Gasteiger partial charge in [0.05, 0.1) is 15.9 Å². The quantitative estimate of drug-likeness (QED) is 0.524. The van der Waals surface area contributed by atoms with E-state index in [4.69, 9.17) is 9.47 Å². The Balaban J connectivity index is 1.21. The van der Waals surface area contributed by atoms with Crippen molar-refractivity contribution in [3.63, 3.8) is 0 Å². The molecule has 0 unspecified atom stereocenters. The third kappa shape index (κ3) is 4.05. The largest absolute Gasteiger partial charge is 0.454 e. The molecule has 3 heterocycles. The van der Waals surface area contributed by atoms with Gasteiger partial charge >= 0.3 is 5.69 Å². The number of sulfone groups is 1. The first-order valence-corrected chi connectivity index (χ1v) is 12.6. The summed E-state index contributed by atoms with van der Waals surface area (Å²) in [7, 11) is -0.618. The van der Waals surface area contributed by atoms with Crippen molar-refractivity contribution in [2.75, 3.05) is 38.7 Å². The molecule has 2 aliphatic heterocycles. The van der Waals surface area contributed by atoms with Crippen LogP contribution >= 0.6 is 0 Å². The van der Waals surface area contributed by atoms with Gasteiger partial charge in [0.25, 0.3) is 0 Å². The number of fused-ring (bicyclic) bond motifs is 2. The van der Waals surface area contributed by atoms with E-state index in [1.54, 1.807) is 25.1 Å². The summed E-state index contributed by atoms with van der Waals surface area (Å²) in [6.45, 7) is 3.18. The Morgan fingerprint density at radius 1 is 0.912 bits per heavy atom. The fourth-order valence-electron chi connectivity index (χ4n) is 4.47. The summed E-state index contributed by atoms with van der Waals surface area (Å²) in [5.74, 6) is 0.477. The van der Waals surface area contributed by atoms with Gasteiger partial charge in [-0.2, -0.15) is 0 Å². The van der Waals surface area contributed by atoms with Gasteiger partial charge in [0.15, 0.2) is 21.3 Å². The molecule has 1 saturated heterocycles. The number of benzene rings is 2. The van der Waals surface area contributed by atoms with Gasteiger partial charge in [0.1, 0.15) is 5.75 Å². The van der Waals surface area contributed by atoms with Crippen molar-refractivity contribution in [3.8, 4) is 11.5 Å². The van der Waals surface area contributed by atoms with E-state index in [2.05, 4.69) is 4.90 Å². The zero-order chi connectivity index (χ0) is 24.0. The van der Waals surface area contributed by atoms with Crippen molar-refractivity contribution < 1.29 is 22.7 Å². The maximum Gasteiger partial charge on any atom is 0.328 e. The number of rotatable bonds is 5. The first-order valence-electron chi connectivity index (χ1n) is 11.0. The first-order chi connectivity index (χ1) is 16.2. The van der Waals surface area contributed by atoms with Crippen LogP contribution in [0.5, 0.6) is 11.5 Å². The van der Waals surface area contributed by atoms with Crippen LogP contribution in [-0.4, -0.2) is 72.0 Å². The van der Waals surface area contributed by atoms with Gasteiger partial charge in [-0.15, -0.1) is 0 Å². The predicted molar refractivity (Wildman–Crippen MR) is 125 cm³/mol. The van der Waals surface area contributed by atoms with Gasteiger partial charge < -0.3 is 14.4 Å². The third-order valence-electron chi connectivity index (χ3n) is 6.48. The predicted octanol–water partition coefficient (Wildman–Crippen LogP) is 0.724. The first kappa shape index (κ1) is 22.5. The lowest BCUT2D eigenvalue weighted by Gasteiger charge is -2.34. The molecule has 34 heavy (non-hydrogen) atoms. The minimum Gasteiger partial charge on any atom is -0.454 e. The lowest BCUT2D eigenvalue weighted by Crippen LogP contribution is -2.49. The van der Waals surface area contributed by atoms with E-state index >= 15 is 0 Å². The van der Waals surface area contributed by atoms with Gasteiger partial charge in [0, 0.05) is 46.8 Å². The van der Waals surface area contributed by atoms with Crippen LogP contribution in [0.25, 0.3) is 11.0 Å². The molecule has 10 nitrogen and oxygen atoms in total. The van der Waals surface area contributed by atoms with Crippen LogP contribution in [0.1, 0.15) is 5.56 Å². The summed E-state index contributed by atoms with van der Waals surface area (Å²) in [4.78, 5) is 28.8. The van der Waals surface area contributed by atoms with Gasteiger partial charge in [-0.05, 0) is 35.9 Å². The second-order valence-electron chi connectivity index (χ2n) is 8.65. The number of piperazine rings is 1. The van der Waals surface area contributed by atoms with E-state index in [1.807, 2.05) is 18.2 Å². The zero-order valence-corrected chi connectivity index (χ0v) is 19.9. The molecule has 1 amide bonds. The number of hydrogen-bond acceptors (Lipinski definition) is 7. The normalized spacial score (nSPS) is 16.4. The maximum absolute atomic E-state index is 13.0. The Morgan fingerprint density at radius 3 is 2.38 bits per heavy atom. The molecule has 0 radical (unpaired) electrons. The Kier molecular flexibility index (Phi) is 5.61. The number of ether oxygens (including phenoxy) is 2. The van der Waals surface area contributed by atoms with Crippen LogP contribution in [0.4, 0.5) is 0 Å². The number of nitrogens with zero attached hydrogens (tertiary/aromatic N) is 4. The standard InChI is InChI=1S/C23H26N4O6S/c1-24-18-5-4-17(12-19(18)25(2)23(24)29)34(30,31)14-22(28)27-9-7-26(8-10-27)13-16-3-6-20-21(11-16)33-15-32-20/h3-6,11-12H,7-10,13-15H2,1-2H3. The molecule has 0 aliphatic carbocycles. The van der Waals surface area contributed by atoms with Crippen LogP contribution < -0.4 is 15.2 Å². The summed E-state index contributed by atoms with van der Waals surface area (Å²) in [6, 6.07) is 10.4. The molecule has 0 saturated carbocycles. The minimum atomic E-state index is -3.84. The molecule has 5 rings (SSSR count). The second kappa shape index (κ2) is 8.48. The molecular formula is C23H26N4O6S. The molecule has 0 spiro atoms. The molecule has 3 aromatic rings. The molecule has 0 N–H and O–H groups in total. The number of imidazole rings is 1. The number of aromatic nitrogens is 2. The fraction of sp³-hybridized carbons (Fsp3) is 0.391. The van der Waals surface area contributed by atoms with Crippen molar-refractivity contribution >= 4 is 26.8 Å². The van der Waals surface area contributed by atoms with Crippen LogP contribution in [0.2, 0.25) is 0 Å². The van der Waals surface area contributed by atoms with E-state index in [-0.39, 0.29) is 17.4 Å². The fourth-order valence-corrected chi connectivity index (χ4v) is 5.71. The van der Waals surface area contributed by atoms with Gasteiger partial charge in [-0.3, -0.25) is 18.8 Å². The topological polar surface area (TPSA) is 103 Å². The Morgan fingerprint density at radius 2 is 1.62 bits per heavy atom. The molecule has 11 heteroatoms. The number of carbonyl (C=O) groups is 1. The van der Waals surface area contributed by atoms with Crippen LogP contribution in [-0.2, 0) is 35.3 Å². The van der Waals surface area contributed by atoms with E-state index in [0.717, 1.165) is 17.1 Å². The Bertz CT molecular complexity index is 1430. The minimum absolute atomic E-state index is 0.0380. The third-order valence-corrected chi connectivity index (χ3v) is 8.08. The molecule has 2 aliphatic rings. The van der Waals surface area contributed by atoms with Gasteiger partial charge in [-0.1, -0.05) is 6.07 Å². The van der Waals surface area contributed by atoms with Crippen molar-refractivity contribution in [2.24, 2.45) is 14.1 Å². The van der Waals surface area contributed by atoms with Crippen LogP contribution in [0.15, 0.2) is 46.1 Å². The summed E-state index contributed by atoms with van der Waals surface area (Å²) in [6.07, 6.45) is 0. The molecule has 0 bridgehead atoms. The molecule has 1 aromatic heterocycles. The summed E-state index contributed by atoms with van der Waals surface area (Å²) < 4.78 is 39.5. The van der Waals surface area contributed by atoms with Crippen molar-refractivity contribution in [1.82, 2.24) is 18.9 Å². The highest BCUT2D eigenvalue weighted by Crippen LogP contribution is 2.32. The van der Waals surface area contributed by atoms with Gasteiger partial charge in [-0.25, -0.2) is 13.2 Å². The van der Waals surface area contributed by atoms with E-state index in [1.165, 1.54) is 21.3 Å². The summed E-state index contributed by atoms with van der Waals surface area (Å²) in [5.41, 5.74) is 2.01. The average molecular weight is 487 g/mol. The number of hydrogen-bond donors (Lipinski definition) is 0. The van der Waals surface area contributed by atoms with Gasteiger partial charge in [0.2, 0.25) is 12.7 Å². The number of carbonyl (C=O) groups excluding carboxylic acids is 1. The highest BCUT2D eigenvalue weighted by molar-refractivity contribution is 7.92. The van der Waals surface area contributed by atoms with Crippen molar-refractivity contribution in [3.05, 3.63) is 52.4 Å². The zero-order valence-electron chi connectivity index (χ0n) is 19.1. The highest BCUT2D eigenvalue weighted by Gasteiger charge is 2.27. The monoisotopic (exact) mass is 486 g/mol. The Hall–Kier alpha value is -3.31. The lowest BCUT2D eigenvalue weighted by molar-refractivity contribution is -0.130. The number of aryl methyl sites for hydroxylation is 2. The summed E-state index contributed by atoms with van der Waals surface area (Å²) >= 11 is 0. The van der Waals surface area contributed by atoms with Crippen LogP contribution in [0, 0.1) is 0 Å². The average Bonchev–Trinajstić information content (AvgIpc) is 3.37. The molecular weight excluding hydrogens is 460 g/mol. The molecule has 0 atom stereocenters. The highest BCUT2D eigenvalue weighted by atomic mass is 32.2. The summed E-state index contributed by atoms with van der Waals surface area (Å²) in [5, 5.41) is 0. The van der Waals surface area contributed by atoms with Crippen molar-refractivity contribution in [1.29, 1.82) is 0 Å².